The Morgan fingerprint density at radius 1 is 1.21 bits per heavy atom. The standard InChI is InChI=1S/C20H22ClF3N2OS/c1-5-26(18(27)19(2,3)4)17-16(21)9-13(11-25-17)12-28-15-8-6-7-14(10-15)20(22,23)24/h6-11H,5,12H2,1-4H3. The number of benzene rings is 1. The molecule has 0 bridgehead atoms. The Kier molecular flexibility index (Phi) is 7.04. The molecule has 0 saturated heterocycles. The lowest BCUT2D eigenvalue weighted by molar-refractivity contribution is -0.137. The average molecular weight is 431 g/mol. The Morgan fingerprint density at radius 2 is 1.89 bits per heavy atom. The summed E-state index contributed by atoms with van der Waals surface area (Å²) in [5.41, 5.74) is -0.488. The van der Waals surface area contributed by atoms with Gasteiger partial charge in [0.25, 0.3) is 0 Å². The molecule has 1 aromatic carbocycles. The maximum absolute atomic E-state index is 12.8. The van der Waals surface area contributed by atoms with Crippen molar-refractivity contribution in [3.8, 4) is 0 Å². The molecule has 8 heteroatoms. The second kappa shape index (κ2) is 8.74. The number of anilines is 1. The lowest BCUT2D eigenvalue weighted by Gasteiger charge is -2.28. The van der Waals surface area contributed by atoms with Crippen LogP contribution in [0.4, 0.5) is 19.0 Å². The van der Waals surface area contributed by atoms with Gasteiger partial charge in [0, 0.05) is 28.8 Å². The minimum Gasteiger partial charge on any atom is -0.295 e. The lowest BCUT2D eigenvalue weighted by atomic mass is 9.94. The average Bonchev–Trinajstić information content (AvgIpc) is 2.60. The molecule has 1 amide bonds. The van der Waals surface area contributed by atoms with Gasteiger partial charge in [-0.25, -0.2) is 4.98 Å². The molecular formula is C20H22ClF3N2OS. The molecule has 2 rings (SSSR count). The number of aromatic nitrogens is 1. The molecule has 1 aromatic heterocycles. The van der Waals surface area contributed by atoms with Gasteiger partial charge in [-0.15, -0.1) is 11.8 Å². The molecule has 0 fully saturated rings. The molecule has 0 atom stereocenters. The predicted octanol–water partition coefficient (Wildman–Crippen LogP) is 6.45. The molecule has 3 nitrogen and oxygen atoms in total. The van der Waals surface area contributed by atoms with Crippen LogP contribution in [0.2, 0.25) is 5.02 Å². The van der Waals surface area contributed by atoms with Crippen molar-refractivity contribution < 1.29 is 18.0 Å². The maximum Gasteiger partial charge on any atom is 0.416 e. The summed E-state index contributed by atoms with van der Waals surface area (Å²) in [4.78, 5) is 19.0. The SMILES string of the molecule is CCN(C(=O)C(C)(C)C)c1ncc(CSc2cccc(C(F)(F)F)c2)cc1Cl. The van der Waals surface area contributed by atoms with Gasteiger partial charge >= 0.3 is 6.18 Å². The summed E-state index contributed by atoms with van der Waals surface area (Å²) in [6.07, 6.45) is -2.77. The zero-order chi connectivity index (χ0) is 21.1. The topological polar surface area (TPSA) is 33.2 Å². The van der Waals surface area contributed by atoms with Crippen LogP contribution in [0.5, 0.6) is 0 Å². The van der Waals surface area contributed by atoms with Crippen LogP contribution in [0.1, 0.15) is 38.8 Å². The highest BCUT2D eigenvalue weighted by Crippen LogP contribution is 2.34. The normalized spacial score (nSPS) is 12.1. The molecular weight excluding hydrogens is 409 g/mol. The number of rotatable bonds is 5. The maximum atomic E-state index is 12.8. The summed E-state index contributed by atoms with van der Waals surface area (Å²) in [6, 6.07) is 6.88. The Labute approximate surface area is 172 Å². The van der Waals surface area contributed by atoms with Crippen LogP contribution in [0, 0.1) is 5.41 Å². The van der Waals surface area contributed by atoms with Gasteiger partial charge < -0.3 is 0 Å². The molecule has 2 aromatic rings. The Bertz CT molecular complexity index is 850. The number of alkyl halides is 3. The fourth-order valence-electron chi connectivity index (χ4n) is 2.47. The number of hydrogen-bond acceptors (Lipinski definition) is 3. The highest BCUT2D eigenvalue weighted by atomic mass is 35.5. The molecule has 0 saturated carbocycles. The number of halogens is 4. The Hall–Kier alpha value is -1.73. The van der Waals surface area contributed by atoms with Crippen molar-refractivity contribution in [1.82, 2.24) is 4.98 Å². The van der Waals surface area contributed by atoms with E-state index < -0.39 is 17.2 Å². The van der Waals surface area contributed by atoms with Crippen LogP contribution in [0.25, 0.3) is 0 Å². The number of thioether (sulfide) groups is 1. The zero-order valence-corrected chi connectivity index (χ0v) is 17.7. The first-order chi connectivity index (χ1) is 12.9. The number of nitrogens with zero attached hydrogens (tertiary/aromatic N) is 2. The molecule has 28 heavy (non-hydrogen) atoms. The summed E-state index contributed by atoms with van der Waals surface area (Å²) in [7, 11) is 0. The van der Waals surface area contributed by atoms with E-state index in [-0.39, 0.29) is 5.91 Å². The minimum atomic E-state index is -4.37. The smallest absolute Gasteiger partial charge is 0.295 e. The van der Waals surface area contributed by atoms with Crippen molar-refractivity contribution >= 4 is 35.1 Å². The summed E-state index contributed by atoms with van der Waals surface area (Å²) >= 11 is 7.61. The van der Waals surface area contributed by atoms with Crippen molar-refractivity contribution in [3.63, 3.8) is 0 Å². The second-order valence-electron chi connectivity index (χ2n) is 7.26. The van der Waals surface area contributed by atoms with Gasteiger partial charge in [0.15, 0.2) is 5.82 Å². The lowest BCUT2D eigenvalue weighted by Crippen LogP contribution is -2.40. The van der Waals surface area contributed by atoms with E-state index in [1.54, 1.807) is 18.3 Å². The van der Waals surface area contributed by atoms with E-state index in [4.69, 9.17) is 11.6 Å². The van der Waals surface area contributed by atoms with Gasteiger partial charge in [-0.3, -0.25) is 9.69 Å². The van der Waals surface area contributed by atoms with Crippen LogP contribution in [-0.4, -0.2) is 17.4 Å². The van der Waals surface area contributed by atoms with Crippen LogP contribution in [-0.2, 0) is 16.7 Å². The van der Waals surface area contributed by atoms with Crippen molar-refractivity contribution in [1.29, 1.82) is 0 Å². The summed E-state index contributed by atoms with van der Waals surface area (Å²) in [6.45, 7) is 7.75. The van der Waals surface area contributed by atoms with Gasteiger partial charge in [-0.2, -0.15) is 13.2 Å². The first-order valence-corrected chi connectivity index (χ1v) is 10.1. The molecule has 0 spiro atoms. The van der Waals surface area contributed by atoms with E-state index in [2.05, 4.69) is 4.98 Å². The molecule has 0 unspecified atom stereocenters. The molecule has 0 aliphatic rings. The number of amides is 1. The van der Waals surface area contributed by atoms with Crippen LogP contribution in [0.15, 0.2) is 41.4 Å². The van der Waals surface area contributed by atoms with Crippen LogP contribution < -0.4 is 4.90 Å². The third-order valence-corrected chi connectivity index (χ3v) is 5.25. The molecule has 152 valence electrons. The zero-order valence-electron chi connectivity index (χ0n) is 16.1. The van der Waals surface area contributed by atoms with E-state index >= 15 is 0 Å². The van der Waals surface area contributed by atoms with Gasteiger partial charge in [-0.1, -0.05) is 38.4 Å². The molecule has 0 aliphatic heterocycles. The van der Waals surface area contributed by atoms with Crippen molar-refractivity contribution in [2.24, 2.45) is 5.41 Å². The summed E-state index contributed by atoms with van der Waals surface area (Å²) < 4.78 is 38.5. The number of carbonyl (C=O) groups excluding carboxylic acids is 1. The Morgan fingerprint density at radius 3 is 2.43 bits per heavy atom. The van der Waals surface area contributed by atoms with Gasteiger partial charge in [-0.05, 0) is 36.8 Å². The van der Waals surface area contributed by atoms with E-state index in [0.29, 0.717) is 28.0 Å². The third kappa shape index (κ3) is 5.64. The van der Waals surface area contributed by atoms with Gasteiger partial charge in [0.05, 0.1) is 10.6 Å². The molecule has 0 N–H and O–H groups in total. The fourth-order valence-corrected chi connectivity index (χ4v) is 3.64. The number of pyridine rings is 1. The van der Waals surface area contributed by atoms with Crippen molar-refractivity contribution in [3.05, 3.63) is 52.7 Å². The van der Waals surface area contributed by atoms with Crippen molar-refractivity contribution in [2.45, 2.75) is 44.5 Å². The van der Waals surface area contributed by atoms with E-state index in [0.717, 1.165) is 17.7 Å². The first-order valence-electron chi connectivity index (χ1n) is 8.70. The predicted molar refractivity (Wildman–Crippen MR) is 108 cm³/mol. The fraction of sp³-hybridized carbons (Fsp3) is 0.400. The number of carbonyl (C=O) groups is 1. The number of hydrogen-bond donors (Lipinski definition) is 0. The highest BCUT2D eigenvalue weighted by molar-refractivity contribution is 7.98. The molecule has 0 aliphatic carbocycles. The largest absolute Gasteiger partial charge is 0.416 e. The first kappa shape index (κ1) is 22.6. The van der Waals surface area contributed by atoms with E-state index in [1.165, 1.54) is 22.7 Å². The highest BCUT2D eigenvalue weighted by Gasteiger charge is 2.31. The van der Waals surface area contributed by atoms with E-state index in [1.807, 2.05) is 27.7 Å². The summed E-state index contributed by atoms with van der Waals surface area (Å²) in [5.74, 6) is 0.709. The van der Waals surface area contributed by atoms with Crippen molar-refractivity contribution in [2.75, 3.05) is 11.4 Å². The van der Waals surface area contributed by atoms with Crippen LogP contribution >= 0.6 is 23.4 Å². The minimum absolute atomic E-state index is 0.0875. The second-order valence-corrected chi connectivity index (χ2v) is 8.72. The monoisotopic (exact) mass is 430 g/mol. The van der Waals surface area contributed by atoms with Crippen LogP contribution in [0.3, 0.4) is 0 Å². The molecule has 0 radical (unpaired) electrons. The summed E-state index contributed by atoms with van der Waals surface area (Å²) in [5, 5.41) is 0.335. The van der Waals surface area contributed by atoms with Gasteiger partial charge in [0.1, 0.15) is 0 Å². The third-order valence-electron chi connectivity index (χ3n) is 3.90. The Balaban J connectivity index is 2.16. The molecule has 1 heterocycles. The van der Waals surface area contributed by atoms with Gasteiger partial charge in [0.2, 0.25) is 5.91 Å². The van der Waals surface area contributed by atoms with E-state index in [9.17, 15) is 18.0 Å². The quantitative estimate of drug-likeness (QED) is 0.511.